The second-order valence-electron chi connectivity index (χ2n) is 6.47. The Balaban J connectivity index is 1.69. The minimum atomic E-state index is -0.109. The zero-order valence-electron chi connectivity index (χ0n) is 17.5. The van der Waals surface area contributed by atoms with E-state index >= 15 is 0 Å². The Hall–Kier alpha value is -3.62. The molecule has 1 aromatic heterocycles. The van der Waals surface area contributed by atoms with Crippen LogP contribution in [0, 0.1) is 0 Å². The van der Waals surface area contributed by atoms with Crippen LogP contribution in [0.5, 0.6) is 17.2 Å². The van der Waals surface area contributed by atoms with E-state index < -0.39 is 0 Å². The van der Waals surface area contributed by atoms with Crippen molar-refractivity contribution in [3.63, 3.8) is 0 Å². The second kappa shape index (κ2) is 9.73. The van der Waals surface area contributed by atoms with Gasteiger partial charge in [-0.1, -0.05) is 18.2 Å². The fourth-order valence-electron chi connectivity index (χ4n) is 2.98. The van der Waals surface area contributed by atoms with Gasteiger partial charge in [0.25, 0.3) is 0 Å². The van der Waals surface area contributed by atoms with Crippen molar-refractivity contribution in [1.29, 1.82) is 0 Å². The highest BCUT2D eigenvalue weighted by Crippen LogP contribution is 2.28. The normalized spacial score (nSPS) is 10.5. The molecule has 2 aromatic carbocycles. The highest BCUT2D eigenvalue weighted by molar-refractivity contribution is 5.75. The summed E-state index contributed by atoms with van der Waals surface area (Å²) >= 11 is 0. The van der Waals surface area contributed by atoms with Gasteiger partial charge in [0.15, 0.2) is 11.5 Å². The third kappa shape index (κ3) is 4.86. The Morgan fingerprint density at radius 3 is 2.53 bits per heavy atom. The van der Waals surface area contributed by atoms with Gasteiger partial charge in [-0.2, -0.15) is 4.80 Å². The molecular weight excluding hydrogens is 386 g/mol. The number of hydrogen-bond donors (Lipinski definition) is 0. The van der Waals surface area contributed by atoms with Crippen LogP contribution in [-0.4, -0.2) is 58.9 Å². The molecule has 0 atom stereocenters. The van der Waals surface area contributed by atoms with E-state index in [-0.39, 0.29) is 12.5 Å². The zero-order chi connectivity index (χ0) is 21.5. The summed E-state index contributed by atoms with van der Waals surface area (Å²) in [4.78, 5) is 15.8. The average Bonchev–Trinajstić information content (AvgIpc) is 3.25. The van der Waals surface area contributed by atoms with E-state index in [1.807, 2.05) is 49.4 Å². The molecule has 0 aliphatic carbocycles. The van der Waals surface area contributed by atoms with Crippen molar-refractivity contribution >= 4 is 5.91 Å². The number of ether oxygens (including phenoxy) is 3. The van der Waals surface area contributed by atoms with Crippen LogP contribution >= 0.6 is 0 Å². The monoisotopic (exact) mass is 411 g/mol. The van der Waals surface area contributed by atoms with Crippen LogP contribution in [0.4, 0.5) is 0 Å². The molecule has 0 N–H and O–H groups in total. The van der Waals surface area contributed by atoms with E-state index in [1.54, 1.807) is 26.2 Å². The van der Waals surface area contributed by atoms with Crippen LogP contribution in [0.2, 0.25) is 0 Å². The van der Waals surface area contributed by atoms with E-state index in [0.29, 0.717) is 36.2 Å². The van der Waals surface area contributed by atoms with Crippen LogP contribution in [0.25, 0.3) is 11.4 Å². The first kappa shape index (κ1) is 21.1. The number of methoxy groups -OCH3 is 3. The topological polar surface area (TPSA) is 91.6 Å². The number of rotatable bonds is 9. The van der Waals surface area contributed by atoms with Crippen LogP contribution in [0.1, 0.15) is 12.5 Å². The van der Waals surface area contributed by atoms with Gasteiger partial charge in [-0.05, 0) is 42.0 Å². The Bertz CT molecular complexity index is 1000. The summed E-state index contributed by atoms with van der Waals surface area (Å²) in [6.07, 6.45) is 0. The summed E-state index contributed by atoms with van der Waals surface area (Å²) in [5, 5.41) is 12.4. The Morgan fingerprint density at radius 2 is 1.83 bits per heavy atom. The number of hydrogen-bond acceptors (Lipinski definition) is 7. The molecule has 0 aliphatic heterocycles. The molecule has 0 bridgehead atoms. The van der Waals surface area contributed by atoms with Crippen molar-refractivity contribution in [3.05, 3.63) is 48.0 Å². The van der Waals surface area contributed by atoms with Gasteiger partial charge in [-0.25, -0.2) is 0 Å². The SMILES string of the molecule is CCN(Cc1ccc(OC)c(OC)c1)C(=O)Cn1nnc(-c2cccc(OC)c2)n1. The van der Waals surface area contributed by atoms with Gasteiger partial charge >= 0.3 is 0 Å². The lowest BCUT2D eigenvalue weighted by atomic mass is 10.2. The van der Waals surface area contributed by atoms with Crippen LogP contribution in [-0.2, 0) is 17.9 Å². The van der Waals surface area contributed by atoms with Gasteiger partial charge < -0.3 is 19.1 Å². The van der Waals surface area contributed by atoms with E-state index in [4.69, 9.17) is 14.2 Å². The number of carbonyl (C=O) groups is 1. The average molecular weight is 411 g/mol. The Labute approximate surface area is 175 Å². The summed E-state index contributed by atoms with van der Waals surface area (Å²) in [7, 11) is 4.77. The first-order chi connectivity index (χ1) is 14.6. The number of carbonyl (C=O) groups excluding carboxylic acids is 1. The molecule has 30 heavy (non-hydrogen) atoms. The van der Waals surface area contributed by atoms with E-state index in [0.717, 1.165) is 11.1 Å². The number of benzene rings is 2. The quantitative estimate of drug-likeness (QED) is 0.534. The van der Waals surface area contributed by atoms with Gasteiger partial charge in [0, 0.05) is 18.7 Å². The summed E-state index contributed by atoms with van der Waals surface area (Å²) in [5.41, 5.74) is 1.71. The number of tetrazole rings is 1. The van der Waals surface area contributed by atoms with Crippen molar-refractivity contribution in [1.82, 2.24) is 25.1 Å². The molecule has 3 rings (SSSR count). The third-order valence-electron chi connectivity index (χ3n) is 4.61. The zero-order valence-corrected chi connectivity index (χ0v) is 17.5. The lowest BCUT2D eigenvalue weighted by Gasteiger charge is -2.21. The number of likely N-dealkylation sites (N-methyl/N-ethyl adjacent to an activating group) is 1. The van der Waals surface area contributed by atoms with Crippen molar-refractivity contribution in [2.24, 2.45) is 0 Å². The van der Waals surface area contributed by atoms with Crippen molar-refractivity contribution in [2.45, 2.75) is 20.0 Å². The highest BCUT2D eigenvalue weighted by Gasteiger charge is 2.16. The molecule has 3 aromatic rings. The highest BCUT2D eigenvalue weighted by atomic mass is 16.5. The van der Waals surface area contributed by atoms with Gasteiger partial charge in [-0.15, -0.1) is 10.2 Å². The molecule has 0 aliphatic rings. The maximum Gasteiger partial charge on any atom is 0.246 e. The van der Waals surface area contributed by atoms with Crippen molar-refractivity contribution in [3.8, 4) is 28.6 Å². The summed E-state index contributed by atoms with van der Waals surface area (Å²) in [6, 6.07) is 13.0. The third-order valence-corrected chi connectivity index (χ3v) is 4.61. The van der Waals surface area contributed by atoms with Gasteiger partial charge in [0.2, 0.25) is 11.7 Å². The fraction of sp³-hybridized carbons (Fsp3) is 0.333. The van der Waals surface area contributed by atoms with Crippen LogP contribution in [0.15, 0.2) is 42.5 Å². The van der Waals surface area contributed by atoms with E-state index in [2.05, 4.69) is 15.4 Å². The number of nitrogens with zero attached hydrogens (tertiary/aromatic N) is 5. The minimum absolute atomic E-state index is 0.00189. The Morgan fingerprint density at radius 1 is 1.03 bits per heavy atom. The molecule has 0 fully saturated rings. The predicted octanol–water partition coefficient (Wildman–Crippen LogP) is 2.41. The largest absolute Gasteiger partial charge is 0.497 e. The Kier molecular flexibility index (Phi) is 6.84. The molecule has 0 saturated heterocycles. The second-order valence-corrected chi connectivity index (χ2v) is 6.47. The molecule has 158 valence electrons. The molecule has 0 unspecified atom stereocenters. The summed E-state index contributed by atoms with van der Waals surface area (Å²) in [5.74, 6) is 2.30. The predicted molar refractivity (Wildman–Crippen MR) is 110 cm³/mol. The molecule has 9 heteroatoms. The lowest BCUT2D eigenvalue weighted by molar-refractivity contribution is -0.132. The first-order valence-electron chi connectivity index (χ1n) is 9.48. The smallest absolute Gasteiger partial charge is 0.246 e. The van der Waals surface area contributed by atoms with Crippen LogP contribution in [0.3, 0.4) is 0 Å². The van der Waals surface area contributed by atoms with E-state index in [9.17, 15) is 4.79 Å². The van der Waals surface area contributed by atoms with Crippen LogP contribution < -0.4 is 14.2 Å². The molecule has 0 radical (unpaired) electrons. The molecule has 9 nitrogen and oxygen atoms in total. The van der Waals surface area contributed by atoms with Gasteiger partial charge in [0.05, 0.1) is 21.3 Å². The fourth-order valence-corrected chi connectivity index (χ4v) is 2.98. The molecule has 1 heterocycles. The standard InChI is InChI=1S/C21H25N5O4/c1-5-25(13-15-9-10-18(29-3)19(11-15)30-4)20(27)14-26-23-21(22-24-26)16-7-6-8-17(12-16)28-2/h6-12H,5,13-14H2,1-4H3. The molecular formula is C21H25N5O4. The molecule has 1 amide bonds. The van der Waals surface area contributed by atoms with Crippen molar-refractivity contribution in [2.75, 3.05) is 27.9 Å². The summed E-state index contributed by atoms with van der Waals surface area (Å²) < 4.78 is 15.8. The molecule has 0 spiro atoms. The molecule has 0 saturated carbocycles. The first-order valence-corrected chi connectivity index (χ1v) is 9.48. The maximum absolute atomic E-state index is 12.8. The number of aromatic nitrogens is 4. The van der Waals surface area contributed by atoms with E-state index in [1.165, 1.54) is 4.80 Å². The van der Waals surface area contributed by atoms with Gasteiger partial charge in [0.1, 0.15) is 12.3 Å². The van der Waals surface area contributed by atoms with Gasteiger partial charge in [-0.3, -0.25) is 4.79 Å². The minimum Gasteiger partial charge on any atom is -0.497 e. The van der Waals surface area contributed by atoms with Crippen molar-refractivity contribution < 1.29 is 19.0 Å². The maximum atomic E-state index is 12.8. The summed E-state index contributed by atoms with van der Waals surface area (Å²) in [6.45, 7) is 2.91. The lowest BCUT2D eigenvalue weighted by Crippen LogP contribution is -2.33. The number of amides is 1.